The van der Waals surface area contributed by atoms with Crippen LogP contribution in [0.25, 0.3) is 0 Å². The van der Waals surface area contributed by atoms with Crippen LogP contribution in [0.15, 0.2) is 4.99 Å². The van der Waals surface area contributed by atoms with E-state index in [1.807, 2.05) is 7.05 Å². The molecular weight excluding hydrogens is 483 g/mol. The topological polar surface area (TPSA) is 81.2 Å². The molecule has 0 radical (unpaired) electrons. The fourth-order valence-corrected chi connectivity index (χ4v) is 3.93. The van der Waals surface area contributed by atoms with Gasteiger partial charge in [-0.1, -0.05) is 6.92 Å². The number of hydrogen-bond acceptors (Lipinski definition) is 5. The van der Waals surface area contributed by atoms with E-state index in [0.717, 1.165) is 77.5 Å². The van der Waals surface area contributed by atoms with Gasteiger partial charge in [0.05, 0.1) is 6.54 Å². The summed E-state index contributed by atoms with van der Waals surface area (Å²) in [7, 11) is 6.12. The molecule has 2 aliphatic heterocycles. The molecule has 3 N–H and O–H groups in total. The fraction of sp³-hybridized carbons (Fsp3) is 0.900. The minimum Gasteiger partial charge on any atom is -0.381 e. The summed E-state index contributed by atoms with van der Waals surface area (Å²) in [5, 5.41) is 10.1. The Morgan fingerprint density at radius 3 is 2.41 bits per heavy atom. The Morgan fingerprint density at radius 2 is 1.86 bits per heavy atom. The van der Waals surface area contributed by atoms with E-state index in [0.29, 0.717) is 12.6 Å². The van der Waals surface area contributed by atoms with Gasteiger partial charge in [0, 0.05) is 58.0 Å². The van der Waals surface area contributed by atoms with E-state index >= 15 is 0 Å². The van der Waals surface area contributed by atoms with Crippen LogP contribution in [0.2, 0.25) is 0 Å². The van der Waals surface area contributed by atoms with Crippen molar-refractivity contribution in [1.29, 1.82) is 0 Å². The van der Waals surface area contributed by atoms with Crippen molar-refractivity contribution >= 4 is 35.8 Å². The van der Waals surface area contributed by atoms with Crippen molar-refractivity contribution in [3.8, 4) is 0 Å². The van der Waals surface area contributed by atoms with Crippen molar-refractivity contribution in [2.45, 2.75) is 50.6 Å². The van der Waals surface area contributed by atoms with Crippen molar-refractivity contribution in [2.75, 3.05) is 67.1 Å². The van der Waals surface area contributed by atoms with Gasteiger partial charge in [-0.3, -0.25) is 14.7 Å². The number of halogens is 1. The quantitative estimate of drug-likeness (QED) is 0.249. The molecule has 1 amide bonds. The molecule has 0 aromatic heterocycles. The number of aliphatic imine (C=N–C) groups is 1. The van der Waals surface area contributed by atoms with Crippen LogP contribution < -0.4 is 16.0 Å². The molecule has 170 valence electrons. The number of nitrogens with one attached hydrogen (secondary N) is 3. The zero-order chi connectivity index (χ0) is 20.4. The lowest BCUT2D eigenvalue weighted by Crippen LogP contribution is -2.58. The number of ether oxygens (including phenoxy) is 1. The molecule has 0 aliphatic carbocycles. The summed E-state index contributed by atoms with van der Waals surface area (Å²) < 4.78 is 5.56. The van der Waals surface area contributed by atoms with Crippen LogP contribution in [-0.4, -0.2) is 100 Å². The average Bonchev–Trinajstić information content (AvgIpc) is 2.71. The first-order valence-corrected chi connectivity index (χ1v) is 10.7. The van der Waals surface area contributed by atoms with E-state index in [1.54, 1.807) is 0 Å². The first kappa shape index (κ1) is 26.4. The maximum absolute atomic E-state index is 11.9. The lowest BCUT2D eigenvalue weighted by molar-refractivity contribution is -0.122. The lowest BCUT2D eigenvalue weighted by atomic mass is 9.88. The van der Waals surface area contributed by atoms with Crippen LogP contribution in [0, 0.1) is 0 Å². The minimum atomic E-state index is 0. The largest absolute Gasteiger partial charge is 0.381 e. The molecule has 0 unspecified atom stereocenters. The molecule has 0 aromatic rings. The Kier molecular flexibility index (Phi) is 12.4. The highest BCUT2D eigenvalue weighted by atomic mass is 127. The molecule has 9 heteroatoms. The highest BCUT2D eigenvalue weighted by molar-refractivity contribution is 14.0. The molecule has 0 saturated carbocycles. The van der Waals surface area contributed by atoms with E-state index < -0.39 is 0 Å². The maximum Gasteiger partial charge on any atom is 0.234 e. The summed E-state index contributed by atoms with van der Waals surface area (Å²) in [5.74, 6) is 1.00. The molecule has 0 spiro atoms. The number of nitrogens with zero attached hydrogens (tertiary/aromatic N) is 3. The van der Waals surface area contributed by atoms with Gasteiger partial charge in [0.2, 0.25) is 5.91 Å². The van der Waals surface area contributed by atoms with E-state index in [4.69, 9.17) is 4.74 Å². The van der Waals surface area contributed by atoms with E-state index in [-0.39, 0.29) is 35.4 Å². The normalized spacial score (nSPS) is 20.8. The zero-order valence-electron chi connectivity index (χ0n) is 18.6. The molecule has 0 bridgehead atoms. The van der Waals surface area contributed by atoms with Gasteiger partial charge in [-0.05, 0) is 46.2 Å². The number of likely N-dealkylation sites (tertiary alicyclic amines) is 1. The smallest absolute Gasteiger partial charge is 0.234 e. The van der Waals surface area contributed by atoms with Gasteiger partial charge in [-0.15, -0.1) is 24.0 Å². The average molecular weight is 524 g/mol. The number of piperidine rings is 1. The number of carbonyl (C=O) groups is 1. The predicted octanol–water partition coefficient (Wildman–Crippen LogP) is 0.871. The Morgan fingerprint density at radius 1 is 1.21 bits per heavy atom. The van der Waals surface area contributed by atoms with Crippen LogP contribution >= 0.6 is 24.0 Å². The standard InChI is InChI=1S/C20H40N6O2.HI/c1-5-10-22-18(27)15-26-11-6-17(7-12-26)24-19(21-2)23-16-20(25(3)4)8-13-28-14-9-20;/h17H,5-16H2,1-4H3,(H,22,27)(H2,21,23,24);1H. The maximum atomic E-state index is 11.9. The zero-order valence-corrected chi connectivity index (χ0v) is 21.0. The first-order valence-electron chi connectivity index (χ1n) is 10.7. The van der Waals surface area contributed by atoms with Crippen molar-refractivity contribution in [3.63, 3.8) is 0 Å². The van der Waals surface area contributed by atoms with Crippen molar-refractivity contribution in [2.24, 2.45) is 4.99 Å². The number of likely N-dealkylation sites (N-methyl/N-ethyl adjacent to an activating group) is 1. The summed E-state index contributed by atoms with van der Waals surface area (Å²) in [6.45, 7) is 7.71. The van der Waals surface area contributed by atoms with Gasteiger partial charge in [-0.2, -0.15) is 0 Å². The van der Waals surface area contributed by atoms with Gasteiger partial charge >= 0.3 is 0 Å². The molecule has 8 nitrogen and oxygen atoms in total. The number of rotatable bonds is 8. The molecule has 2 fully saturated rings. The monoisotopic (exact) mass is 524 g/mol. The second kappa shape index (κ2) is 13.6. The van der Waals surface area contributed by atoms with Crippen LogP contribution in [-0.2, 0) is 9.53 Å². The Balaban J connectivity index is 0.00000420. The number of hydrogen-bond donors (Lipinski definition) is 3. The van der Waals surface area contributed by atoms with Crippen LogP contribution in [0.3, 0.4) is 0 Å². The SMILES string of the molecule is CCCNC(=O)CN1CCC(NC(=NC)NCC2(N(C)C)CCOCC2)CC1.I. The van der Waals surface area contributed by atoms with Gasteiger partial charge in [0.1, 0.15) is 0 Å². The van der Waals surface area contributed by atoms with Gasteiger partial charge in [0.25, 0.3) is 0 Å². The minimum absolute atomic E-state index is 0. The fourth-order valence-electron chi connectivity index (χ4n) is 3.93. The molecule has 2 rings (SSSR count). The number of amides is 1. The van der Waals surface area contributed by atoms with Gasteiger partial charge in [-0.25, -0.2) is 0 Å². The molecule has 2 aliphatic rings. The third-order valence-corrected chi connectivity index (χ3v) is 6.05. The Labute approximate surface area is 193 Å². The van der Waals surface area contributed by atoms with Crippen LogP contribution in [0.4, 0.5) is 0 Å². The second-order valence-corrected chi connectivity index (χ2v) is 8.20. The van der Waals surface area contributed by atoms with Crippen molar-refractivity contribution < 1.29 is 9.53 Å². The molecule has 2 heterocycles. The molecular formula is C20H41IN6O2. The molecule has 2 saturated heterocycles. The lowest BCUT2D eigenvalue weighted by Gasteiger charge is -2.43. The second-order valence-electron chi connectivity index (χ2n) is 8.20. The van der Waals surface area contributed by atoms with Crippen LogP contribution in [0.5, 0.6) is 0 Å². The van der Waals surface area contributed by atoms with E-state index in [9.17, 15) is 4.79 Å². The van der Waals surface area contributed by atoms with Gasteiger partial charge < -0.3 is 25.6 Å². The molecule has 0 atom stereocenters. The number of guanidine groups is 1. The molecule has 29 heavy (non-hydrogen) atoms. The number of carbonyl (C=O) groups excluding carboxylic acids is 1. The summed E-state index contributed by atoms with van der Waals surface area (Å²) in [6, 6.07) is 0.395. The Bertz CT molecular complexity index is 503. The van der Waals surface area contributed by atoms with Crippen molar-refractivity contribution in [3.05, 3.63) is 0 Å². The Hall–Kier alpha value is -0.650. The summed E-state index contributed by atoms with van der Waals surface area (Å²) in [5.41, 5.74) is 0.116. The van der Waals surface area contributed by atoms with Crippen LogP contribution in [0.1, 0.15) is 39.0 Å². The third kappa shape index (κ3) is 8.55. The summed E-state index contributed by atoms with van der Waals surface area (Å²) >= 11 is 0. The first-order chi connectivity index (χ1) is 13.5. The summed E-state index contributed by atoms with van der Waals surface area (Å²) in [6.07, 6.45) is 5.08. The van der Waals surface area contributed by atoms with E-state index in [2.05, 4.69) is 51.8 Å². The van der Waals surface area contributed by atoms with E-state index in [1.165, 1.54) is 0 Å². The highest BCUT2D eigenvalue weighted by Gasteiger charge is 2.35. The summed E-state index contributed by atoms with van der Waals surface area (Å²) in [4.78, 5) is 20.9. The van der Waals surface area contributed by atoms with Gasteiger partial charge in [0.15, 0.2) is 5.96 Å². The molecule has 0 aromatic carbocycles. The highest BCUT2D eigenvalue weighted by Crippen LogP contribution is 2.25. The predicted molar refractivity (Wildman–Crippen MR) is 129 cm³/mol. The third-order valence-electron chi connectivity index (χ3n) is 6.05. The van der Waals surface area contributed by atoms with Crippen molar-refractivity contribution in [1.82, 2.24) is 25.8 Å².